The maximum atomic E-state index is 13.1. The Kier molecular flexibility index (Phi) is 5.59. The summed E-state index contributed by atoms with van der Waals surface area (Å²) in [5.41, 5.74) is 3.52. The van der Waals surface area contributed by atoms with E-state index in [-0.39, 0.29) is 18.7 Å². The first kappa shape index (κ1) is 22.1. The van der Waals surface area contributed by atoms with Crippen LogP contribution in [0, 0.1) is 5.92 Å². The predicted molar refractivity (Wildman–Crippen MR) is 119 cm³/mol. The summed E-state index contributed by atoms with van der Waals surface area (Å²) in [5.74, 6) is -0.618. The molecule has 1 N–H and O–H groups in total. The van der Waals surface area contributed by atoms with E-state index in [2.05, 4.69) is 20.3 Å². The average molecular weight is 468 g/mol. The highest BCUT2D eigenvalue weighted by Gasteiger charge is 2.41. The highest BCUT2D eigenvalue weighted by molar-refractivity contribution is 5.94. The quantitative estimate of drug-likeness (QED) is 0.476. The zero-order chi connectivity index (χ0) is 23.9. The normalized spacial score (nSPS) is 15.9. The Hall–Kier alpha value is -3.69. The first-order chi connectivity index (χ1) is 16.3. The first-order valence-electron chi connectivity index (χ1n) is 11.2. The van der Waals surface area contributed by atoms with Crippen molar-refractivity contribution in [2.75, 3.05) is 0 Å². The smallest absolute Gasteiger partial charge is 0.347 e. The largest absolute Gasteiger partial charge is 0.392 e. The summed E-state index contributed by atoms with van der Waals surface area (Å²) in [4.78, 5) is 25.9. The van der Waals surface area contributed by atoms with Gasteiger partial charge in [0.05, 0.1) is 17.3 Å². The highest BCUT2D eigenvalue weighted by atomic mass is 19.4. The van der Waals surface area contributed by atoms with Crippen molar-refractivity contribution in [2.45, 2.75) is 45.5 Å². The number of carbonyl (C=O) groups excluding carboxylic acids is 1. The number of halogens is 3. The molecule has 1 aromatic carbocycles. The van der Waals surface area contributed by atoms with E-state index in [1.54, 1.807) is 22.9 Å². The first-order valence-corrected chi connectivity index (χ1v) is 11.2. The molecule has 0 spiro atoms. The van der Waals surface area contributed by atoms with Gasteiger partial charge in [-0.15, -0.1) is 0 Å². The van der Waals surface area contributed by atoms with Gasteiger partial charge in [-0.05, 0) is 24.5 Å². The van der Waals surface area contributed by atoms with Crippen molar-refractivity contribution in [3.8, 4) is 11.3 Å². The van der Waals surface area contributed by atoms with E-state index in [9.17, 15) is 18.0 Å². The summed E-state index contributed by atoms with van der Waals surface area (Å²) >= 11 is 0. The maximum absolute atomic E-state index is 13.1. The van der Waals surface area contributed by atoms with Crippen molar-refractivity contribution >= 4 is 11.7 Å². The second-order valence-corrected chi connectivity index (χ2v) is 8.40. The Balaban J connectivity index is 1.27. The molecule has 10 heteroatoms. The maximum Gasteiger partial charge on any atom is 0.392 e. The van der Waals surface area contributed by atoms with Crippen molar-refractivity contribution < 1.29 is 18.0 Å². The summed E-state index contributed by atoms with van der Waals surface area (Å²) in [6.45, 7) is 2.58. The molecule has 0 unspecified atom stereocenters. The van der Waals surface area contributed by atoms with Crippen LogP contribution in [0.3, 0.4) is 0 Å². The molecule has 7 nitrogen and oxygen atoms in total. The van der Waals surface area contributed by atoms with Crippen molar-refractivity contribution in [1.82, 2.24) is 29.2 Å². The molecule has 3 aromatic heterocycles. The molecule has 0 saturated heterocycles. The van der Waals surface area contributed by atoms with E-state index in [4.69, 9.17) is 0 Å². The van der Waals surface area contributed by atoms with Crippen LogP contribution in [0.15, 0.2) is 48.9 Å². The van der Waals surface area contributed by atoms with Gasteiger partial charge in [0.15, 0.2) is 0 Å². The van der Waals surface area contributed by atoms with Crippen LogP contribution in [0.5, 0.6) is 0 Å². The van der Waals surface area contributed by atoms with E-state index in [1.165, 1.54) is 0 Å². The van der Waals surface area contributed by atoms with Gasteiger partial charge in [-0.3, -0.25) is 9.20 Å². The van der Waals surface area contributed by atoms with Gasteiger partial charge in [0.1, 0.15) is 11.5 Å². The molecule has 0 radical (unpaired) electrons. The van der Waals surface area contributed by atoms with Gasteiger partial charge < -0.3 is 9.88 Å². The lowest BCUT2D eigenvalue weighted by molar-refractivity contribution is -0.179. The number of amides is 1. The zero-order valence-corrected chi connectivity index (χ0v) is 18.5. The fourth-order valence-corrected chi connectivity index (χ4v) is 4.33. The third kappa shape index (κ3) is 4.15. The number of hydrogen-bond donors (Lipinski definition) is 1. The fraction of sp³-hybridized carbons (Fsp3) is 0.333. The van der Waals surface area contributed by atoms with Gasteiger partial charge in [0.25, 0.3) is 5.91 Å². The molecule has 0 fully saturated rings. The Bertz CT molecular complexity index is 1340. The van der Waals surface area contributed by atoms with Crippen LogP contribution in [0.25, 0.3) is 17.0 Å². The third-order valence-electron chi connectivity index (χ3n) is 6.20. The summed E-state index contributed by atoms with van der Waals surface area (Å²) < 4.78 is 42.7. The number of aryl methyl sites for hydroxylation is 2. The fourth-order valence-electron chi connectivity index (χ4n) is 4.33. The molecule has 1 amide bonds. The Morgan fingerprint density at radius 2 is 2.00 bits per heavy atom. The number of aromatic nitrogens is 5. The number of rotatable bonds is 5. The summed E-state index contributed by atoms with van der Waals surface area (Å²) in [6, 6.07) is 9.24. The Morgan fingerprint density at radius 1 is 1.21 bits per heavy atom. The van der Waals surface area contributed by atoms with Crippen LogP contribution in [0.1, 0.15) is 40.9 Å². The molecule has 34 heavy (non-hydrogen) atoms. The standard InChI is InChI=1S/C24H23F3N6O/c1-2-18-21(33-10-3-9-28-23(33)31-18)22(34)29-13-15-4-6-16(7-5-15)19-14-32-11-8-17(24(25,26)27)12-20(32)30-19/h3-7,9-10,14,17H,2,8,11-13H2,1H3,(H,29,34)/t17-/m1/s1. The van der Waals surface area contributed by atoms with Crippen LogP contribution in [0.2, 0.25) is 0 Å². The number of imidazole rings is 2. The molecule has 1 aliphatic rings. The second kappa shape index (κ2) is 8.58. The van der Waals surface area contributed by atoms with Crippen molar-refractivity contribution in [3.63, 3.8) is 0 Å². The lowest BCUT2D eigenvalue weighted by Gasteiger charge is -2.25. The second-order valence-electron chi connectivity index (χ2n) is 8.40. The minimum atomic E-state index is -4.19. The van der Waals surface area contributed by atoms with Crippen LogP contribution in [-0.2, 0) is 25.9 Å². The lowest BCUT2D eigenvalue weighted by Crippen LogP contribution is -2.31. The topological polar surface area (TPSA) is 77.1 Å². The third-order valence-corrected chi connectivity index (χ3v) is 6.20. The van der Waals surface area contributed by atoms with Gasteiger partial charge >= 0.3 is 6.18 Å². The van der Waals surface area contributed by atoms with E-state index < -0.39 is 12.1 Å². The monoisotopic (exact) mass is 468 g/mol. The van der Waals surface area contributed by atoms with Crippen molar-refractivity contribution in [1.29, 1.82) is 0 Å². The van der Waals surface area contributed by atoms with Crippen molar-refractivity contribution in [2.24, 2.45) is 5.92 Å². The SMILES string of the molecule is CCc1nc2ncccn2c1C(=O)NCc1ccc(-c2cn3c(n2)C[C@H](C(F)(F)F)CC3)cc1. The highest BCUT2D eigenvalue weighted by Crippen LogP contribution is 2.35. The van der Waals surface area contributed by atoms with Crippen molar-refractivity contribution in [3.05, 3.63) is 71.7 Å². The van der Waals surface area contributed by atoms with Gasteiger partial charge in [-0.25, -0.2) is 15.0 Å². The number of carbonyl (C=O) groups is 1. The number of hydrogen-bond acceptors (Lipinski definition) is 4. The minimum absolute atomic E-state index is 0.0766. The average Bonchev–Trinajstić information content (AvgIpc) is 3.43. The predicted octanol–water partition coefficient (Wildman–Crippen LogP) is 4.21. The number of nitrogens with zero attached hydrogens (tertiary/aromatic N) is 5. The van der Waals surface area contributed by atoms with E-state index in [1.807, 2.05) is 42.0 Å². The summed E-state index contributed by atoms with van der Waals surface area (Å²) in [5, 5.41) is 2.93. The van der Waals surface area contributed by atoms with Crippen LogP contribution in [-0.4, -0.2) is 36.0 Å². The number of fused-ring (bicyclic) bond motifs is 2. The van der Waals surface area contributed by atoms with Gasteiger partial charge in [-0.1, -0.05) is 31.2 Å². The molecule has 1 aliphatic heterocycles. The Labute approximate surface area is 193 Å². The summed E-state index contributed by atoms with van der Waals surface area (Å²) in [7, 11) is 0. The van der Waals surface area contributed by atoms with E-state index in [0.29, 0.717) is 48.2 Å². The van der Waals surface area contributed by atoms with Gasteiger partial charge in [0.2, 0.25) is 5.78 Å². The number of benzene rings is 1. The molecule has 0 saturated carbocycles. The van der Waals surface area contributed by atoms with Gasteiger partial charge in [0, 0.05) is 43.7 Å². The molecule has 1 atom stereocenters. The Morgan fingerprint density at radius 3 is 2.74 bits per heavy atom. The van der Waals surface area contributed by atoms with Crippen LogP contribution in [0.4, 0.5) is 13.2 Å². The minimum Gasteiger partial charge on any atom is -0.347 e. The molecule has 4 heterocycles. The molecule has 0 aliphatic carbocycles. The molecular weight excluding hydrogens is 445 g/mol. The van der Waals surface area contributed by atoms with Crippen LogP contribution >= 0.6 is 0 Å². The summed E-state index contributed by atoms with van der Waals surface area (Å²) in [6.07, 6.45) is 1.61. The van der Waals surface area contributed by atoms with Gasteiger partial charge in [-0.2, -0.15) is 13.2 Å². The number of alkyl halides is 3. The molecular formula is C24H23F3N6O. The molecule has 176 valence electrons. The van der Waals surface area contributed by atoms with E-state index in [0.717, 1.165) is 11.1 Å². The zero-order valence-electron chi connectivity index (χ0n) is 18.5. The van der Waals surface area contributed by atoms with E-state index >= 15 is 0 Å². The van der Waals surface area contributed by atoms with Crippen LogP contribution < -0.4 is 5.32 Å². The lowest BCUT2D eigenvalue weighted by atomic mass is 9.97. The molecule has 4 aromatic rings. The molecule has 5 rings (SSSR count). The number of nitrogens with one attached hydrogen (secondary N) is 1. The molecule has 0 bridgehead atoms.